The van der Waals surface area contributed by atoms with E-state index in [1.54, 1.807) is 13.1 Å². The summed E-state index contributed by atoms with van der Waals surface area (Å²) in [6.45, 7) is 6.87. The summed E-state index contributed by atoms with van der Waals surface area (Å²) in [6, 6.07) is 15.4. The highest BCUT2D eigenvalue weighted by atomic mass is 19.1. The van der Waals surface area contributed by atoms with Gasteiger partial charge in [-0.2, -0.15) is 0 Å². The normalized spacial score (nSPS) is 16.4. The first-order valence-electron chi connectivity index (χ1n) is 10.3. The number of nitrogens with one attached hydrogen (secondary N) is 2. The van der Waals surface area contributed by atoms with E-state index in [4.69, 9.17) is 0 Å². The van der Waals surface area contributed by atoms with E-state index in [2.05, 4.69) is 56.7 Å². The van der Waals surface area contributed by atoms with Crippen LogP contribution in [-0.2, 0) is 19.6 Å². The molecule has 0 amide bonds. The van der Waals surface area contributed by atoms with Gasteiger partial charge in [-0.3, -0.25) is 9.89 Å². The van der Waals surface area contributed by atoms with Crippen molar-refractivity contribution in [3.05, 3.63) is 71.0 Å². The predicted molar refractivity (Wildman–Crippen MR) is 117 cm³/mol. The zero-order valence-electron chi connectivity index (χ0n) is 17.5. The van der Waals surface area contributed by atoms with Gasteiger partial charge in [0, 0.05) is 39.8 Å². The third-order valence-corrected chi connectivity index (χ3v) is 5.27. The maximum atomic E-state index is 13.3. The van der Waals surface area contributed by atoms with Crippen LogP contribution in [0.25, 0.3) is 0 Å². The van der Waals surface area contributed by atoms with Gasteiger partial charge in [-0.25, -0.2) is 4.39 Å². The number of guanidine groups is 1. The van der Waals surface area contributed by atoms with Crippen molar-refractivity contribution in [2.24, 2.45) is 4.99 Å². The highest BCUT2D eigenvalue weighted by molar-refractivity contribution is 5.79. The van der Waals surface area contributed by atoms with E-state index in [1.807, 2.05) is 6.07 Å². The molecule has 1 aliphatic heterocycles. The molecular weight excluding hydrogens is 365 g/mol. The van der Waals surface area contributed by atoms with Gasteiger partial charge in [0.2, 0.25) is 0 Å². The van der Waals surface area contributed by atoms with Crippen molar-refractivity contribution in [3.8, 4) is 0 Å². The molecule has 0 radical (unpaired) electrons. The molecule has 29 heavy (non-hydrogen) atoms. The maximum Gasteiger partial charge on any atom is 0.191 e. The summed E-state index contributed by atoms with van der Waals surface area (Å²) in [7, 11) is 3.94. The van der Waals surface area contributed by atoms with E-state index in [-0.39, 0.29) is 5.82 Å². The summed E-state index contributed by atoms with van der Waals surface area (Å²) in [5.41, 5.74) is 3.45. The molecule has 0 unspecified atom stereocenters. The van der Waals surface area contributed by atoms with Gasteiger partial charge in [-0.15, -0.1) is 0 Å². The van der Waals surface area contributed by atoms with Gasteiger partial charge >= 0.3 is 0 Å². The van der Waals surface area contributed by atoms with E-state index < -0.39 is 0 Å². The molecule has 5 nitrogen and oxygen atoms in total. The lowest BCUT2D eigenvalue weighted by Gasteiger charge is -2.20. The molecule has 1 heterocycles. The van der Waals surface area contributed by atoms with Gasteiger partial charge in [0.05, 0.1) is 0 Å². The number of rotatable bonds is 6. The molecule has 156 valence electrons. The average molecular weight is 398 g/mol. The molecule has 2 N–H and O–H groups in total. The molecule has 3 rings (SSSR count). The third-order valence-electron chi connectivity index (χ3n) is 5.27. The second kappa shape index (κ2) is 10.9. The van der Waals surface area contributed by atoms with E-state index in [0.717, 1.165) is 25.2 Å². The van der Waals surface area contributed by atoms with Crippen molar-refractivity contribution in [2.75, 3.05) is 40.3 Å². The van der Waals surface area contributed by atoms with Gasteiger partial charge in [0.1, 0.15) is 5.82 Å². The summed E-state index contributed by atoms with van der Waals surface area (Å²) in [4.78, 5) is 9.18. The Kier molecular flexibility index (Phi) is 8.02. The summed E-state index contributed by atoms with van der Waals surface area (Å²) < 4.78 is 13.3. The third kappa shape index (κ3) is 7.15. The van der Waals surface area contributed by atoms with Crippen LogP contribution >= 0.6 is 0 Å². The number of hydrogen-bond acceptors (Lipinski definition) is 3. The van der Waals surface area contributed by atoms with Crippen molar-refractivity contribution in [3.63, 3.8) is 0 Å². The second-order valence-corrected chi connectivity index (χ2v) is 7.66. The number of benzene rings is 2. The average Bonchev–Trinajstić information content (AvgIpc) is 2.93. The summed E-state index contributed by atoms with van der Waals surface area (Å²) in [5.74, 6) is 0.478. The summed E-state index contributed by atoms with van der Waals surface area (Å²) >= 11 is 0. The second-order valence-electron chi connectivity index (χ2n) is 7.66. The molecule has 0 saturated carbocycles. The van der Waals surface area contributed by atoms with Crippen molar-refractivity contribution in [1.82, 2.24) is 20.4 Å². The van der Waals surface area contributed by atoms with Crippen LogP contribution in [0.4, 0.5) is 4.39 Å². The highest BCUT2D eigenvalue weighted by Gasteiger charge is 2.12. The van der Waals surface area contributed by atoms with Crippen molar-refractivity contribution >= 4 is 5.96 Å². The zero-order valence-corrected chi connectivity index (χ0v) is 17.5. The topological polar surface area (TPSA) is 42.9 Å². The molecule has 1 saturated heterocycles. The standard InChI is InChI=1S/C23H32FN5/c1-25-23(27-17-21-5-3-6-22(24)15-21)26-16-19-7-9-20(10-8-19)18-29-12-4-11-28(2)13-14-29/h3,5-10,15H,4,11-14,16-18H2,1-2H3,(H2,25,26,27). The van der Waals surface area contributed by atoms with Crippen LogP contribution in [0.2, 0.25) is 0 Å². The largest absolute Gasteiger partial charge is 0.352 e. The van der Waals surface area contributed by atoms with Gasteiger partial charge < -0.3 is 15.5 Å². The molecule has 0 atom stereocenters. The van der Waals surface area contributed by atoms with Gasteiger partial charge in [0.15, 0.2) is 5.96 Å². The minimum absolute atomic E-state index is 0.223. The fourth-order valence-electron chi connectivity index (χ4n) is 3.52. The van der Waals surface area contributed by atoms with Crippen LogP contribution in [0.3, 0.4) is 0 Å². The fraction of sp³-hybridized carbons (Fsp3) is 0.435. The quantitative estimate of drug-likeness (QED) is 0.581. The van der Waals surface area contributed by atoms with Crippen molar-refractivity contribution in [1.29, 1.82) is 0 Å². The predicted octanol–water partition coefficient (Wildman–Crippen LogP) is 2.83. The molecule has 6 heteroatoms. The number of likely N-dealkylation sites (N-methyl/N-ethyl adjacent to an activating group) is 1. The van der Waals surface area contributed by atoms with Crippen LogP contribution in [0.1, 0.15) is 23.1 Å². The number of aliphatic imine (C=N–C) groups is 1. The SMILES string of the molecule is CN=C(NCc1ccc(CN2CCCN(C)CC2)cc1)NCc1cccc(F)c1. The molecule has 0 spiro atoms. The maximum absolute atomic E-state index is 13.3. The lowest BCUT2D eigenvalue weighted by molar-refractivity contribution is 0.269. The molecule has 0 bridgehead atoms. The van der Waals surface area contributed by atoms with Gasteiger partial charge in [0.25, 0.3) is 0 Å². The zero-order chi connectivity index (χ0) is 20.5. The molecule has 1 aliphatic rings. The Morgan fingerprint density at radius 1 is 0.931 bits per heavy atom. The fourth-order valence-corrected chi connectivity index (χ4v) is 3.52. The van der Waals surface area contributed by atoms with Crippen LogP contribution in [-0.4, -0.2) is 56.0 Å². The van der Waals surface area contributed by atoms with Gasteiger partial charge in [-0.05, 0) is 55.4 Å². The van der Waals surface area contributed by atoms with Crippen LogP contribution in [0.5, 0.6) is 0 Å². The van der Waals surface area contributed by atoms with E-state index in [0.29, 0.717) is 19.0 Å². The lowest BCUT2D eigenvalue weighted by atomic mass is 10.1. The monoisotopic (exact) mass is 397 g/mol. The van der Waals surface area contributed by atoms with E-state index >= 15 is 0 Å². The Morgan fingerprint density at radius 2 is 1.66 bits per heavy atom. The van der Waals surface area contributed by atoms with Crippen LogP contribution in [0.15, 0.2) is 53.5 Å². The first kappa shape index (κ1) is 21.3. The Bertz CT molecular complexity index is 790. The van der Waals surface area contributed by atoms with Crippen molar-refractivity contribution < 1.29 is 4.39 Å². The van der Waals surface area contributed by atoms with E-state index in [9.17, 15) is 4.39 Å². The van der Waals surface area contributed by atoms with Crippen molar-refractivity contribution in [2.45, 2.75) is 26.1 Å². The first-order chi connectivity index (χ1) is 14.1. The minimum Gasteiger partial charge on any atom is -0.352 e. The minimum atomic E-state index is -0.223. The molecule has 2 aromatic carbocycles. The van der Waals surface area contributed by atoms with Crippen LogP contribution < -0.4 is 10.6 Å². The highest BCUT2D eigenvalue weighted by Crippen LogP contribution is 2.10. The van der Waals surface area contributed by atoms with Crippen LogP contribution in [0, 0.1) is 5.82 Å². The smallest absolute Gasteiger partial charge is 0.191 e. The number of nitrogens with zero attached hydrogens (tertiary/aromatic N) is 3. The number of halogens is 1. The molecule has 0 aromatic heterocycles. The lowest BCUT2D eigenvalue weighted by Crippen LogP contribution is -2.36. The first-order valence-corrected chi connectivity index (χ1v) is 10.3. The molecule has 2 aromatic rings. The molecular formula is C23H32FN5. The Labute approximate surface area is 173 Å². The van der Waals surface area contributed by atoms with Gasteiger partial charge in [-0.1, -0.05) is 36.4 Å². The summed E-state index contributed by atoms with van der Waals surface area (Å²) in [6.07, 6.45) is 1.24. The Morgan fingerprint density at radius 3 is 2.38 bits per heavy atom. The Balaban J connectivity index is 1.45. The molecule has 0 aliphatic carbocycles. The summed E-state index contributed by atoms with van der Waals surface area (Å²) in [5, 5.41) is 6.53. The van der Waals surface area contributed by atoms with E-state index in [1.165, 1.54) is 42.8 Å². The number of hydrogen-bond donors (Lipinski definition) is 2. The Hall–Kier alpha value is -2.44. The molecule has 1 fully saturated rings.